The maximum Gasteiger partial charge on any atom is 0.494 e. The second kappa shape index (κ2) is 15.2. The van der Waals surface area contributed by atoms with E-state index in [9.17, 15) is 10.2 Å². The van der Waals surface area contributed by atoms with Gasteiger partial charge in [0, 0.05) is 4.47 Å². The molecule has 1 saturated heterocycles. The van der Waals surface area contributed by atoms with Gasteiger partial charge in [-0.15, -0.1) is 0 Å². The Labute approximate surface area is 380 Å². The first-order chi connectivity index (χ1) is 30.9. The van der Waals surface area contributed by atoms with Gasteiger partial charge in [-0.2, -0.15) is 0 Å². The summed E-state index contributed by atoms with van der Waals surface area (Å²) in [6, 6.07) is 62.8. The Hall–Kier alpha value is -6.70. The van der Waals surface area contributed by atoms with E-state index in [1.165, 1.54) is 80.2 Å². The van der Waals surface area contributed by atoms with Crippen LogP contribution in [0, 0.1) is 0 Å². The zero-order valence-electron chi connectivity index (χ0n) is 36.0. The quantitative estimate of drug-likeness (QED) is 0.134. The number of fused-ring (bicyclic) bond motifs is 2. The Bertz CT molecular complexity index is 3700. The third-order valence-corrected chi connectivity index (χ3v) is 14.2. The lowest BCUT2D eigenvalue weighted by Crippen LogP contribution is -2.41. The molecule has 0 unspecified atom stereocenters. The van der Waals surface area contributed by atoms with Crippen molar-refractivity contribution in [2.24, 2.45) is 0 Å². The van der Waals surface area contributed by atoms with Gasteiger partial charge in [0.15, 0.2) is 0 Å². The summed E-state index contributed by atoms with van der Waals surface area (Å²) in [5.74, 6) is 0.582. The lowest BCUT2D eigenvalue weighted by atomic mass is 9.78. The van der Waals surface area contributed by atoms with E-state index in [1.54, 1.807) is 18.2 Å². The molecule has 2 N–H and O–H groups in total. The first-order valence-corrected chi connectivity index (χ1v) is 22.5. The highest BCUT2D eigenvalue weighted by Gasteiger charge is 2.51. The highest BCUT2D eigenvalue weighted by Crippen LogP contribution is 2.41. The number of phenols is 2. The Kier molecular flexibility index (Phi) is 9.55. The van der Waals surface area contributed by atoms with Crippen molar-refractivity contribution in [3.63, 3.8) is 0 Å². The van der Waals surface area contributed by atoms with Crippen molar-refractivity contribution in [3.8, 4) is 22.6 Å². The summed E-state index contributed by atoms with van der Waals surface area (Å²) in [6.07, 6.45) is 0. The molecule has 4 nitrogen and oxygen atoms in total. The minimum Gasteiger partial charge on any atom is -0.508 e. The highest BCUT2D eigenvalue weighted by molar-refractivity contribution is 9.10. The molecule has 1 fully saturated rings. The van der Waals surface area contributed by atoms with E-state index < -0.39 is 0 Å². The normalized spacial score (nSPS) is 14.5. The first-order valence-electron chi connectivity index (χ1n) is 21.7. The van der Waals surface area contributed by atoms with Gasteiger partial charge in [-0.25, -0.2) is 0 Å². The summed E-state index contributed by atoms with van der Waals surface area (Å²) in [6.45, 7) is 8.19. The number of rotatable bonds is 2. The Morgan fingerprint density at radius 3 is 1.38 bits per heavy atom. The van der Waals surface area contributed by atoms with Gasteiger partial charge < -0.3 is 19.5 Å². The number of hydrogen-bond acceptors (Lipinski definition) is 4. The van der Waals surface area contributed by atoms with Gasteiger partial charge in [0.25, 0.3) is 0 Å². The maximum absolute atomic E-state index is 9.72. The van der Waals surface area contributed by atoms with E-state index in [-0.39, 0.29) is 24.1 Å². The third-order valence-electron chi connectivity index (χ3n) is 13.5. The summed E-state index contributed by atoms with van der Waals surface area (Å²) >= 11 is 3.64. The highest BCUT2D eigenvalue weighted by atomic mass is 79.9. The van der Waals surface area contributed by atoms with Crippen molar-refractivity contribution in [2.45, 2.75) is 38.9 Å². The predicted molar refractivity (Wildman–Crippen MR) is 274 cm³/mol. The molecule has 64 heavy (non-hydrogen) atoms. The van der Waals surface area contributed by atoms with Gasteiger partial charge in [-0.1, -0.05) is 162 Å². The monoisotopic (exact) mass is 894 g/mol. The fraction of sp³-hybridized carbons (Fsp3) is 0.103. The van der Waals surface area contributed by atoms with E-state index in [2.05, 4.69) is 149 Å². The molecule has 0 spiro atoms. The van der Waals surface area contributed by atoms with Gasteiger partial charge in [0.05, 0.1) is 11.2 Å². The smallest absolute Gasteiger partial charge is 0.494 e. The Morgan fingerprint density at radius 1 is 0.391 bits per heavy atom. The molecular weight excluding hydrogens is 851 g/mol. The number of benzene rings is 12. The molecular formula is C58H44BBrO4. The van der Waals surface area contributed by atoms with E-state index in [0.717, 1.165) is 27.0 Å². The molecule has 1 aliphatic heterocycles. The Morgan fingerprint density at radius 2 is 0.797 bits per heavy atom. The second-order valence-corrected chi connectivity index (χ2v) is 18.9. The molecule has 12 aromatic carbocycles. The minimum atomic E-state index is -0.349. The predicted octanol–water partition coefficient (Wildman–Crippen LogP) is 15.3. The van der Waals surface area contributed by atoms with Gasteiger partial charge in [0.1, 0.15) is 11.5 Å². The van der Waals surface area contributed by atoms with Crippen LogP contribution in [0.5, 0.6) is 11.5 Å². The van der Waals surface area contributed by atoms with Crippen LogP contribution in [0.4, 0.5) is 0 Å². The van der Waals surface area contributed by atoms with Crippen LogP contribution >= 0.6 is 15.9 Å². The van der Waals surface area contributed by atoms with Crippen LogP contribution in [0.2, 0.25) is 0 Å². The van der Waals surface area contributed by atoms with E-state index in [4.69, 9.17) is 9.31 Å². The molecule has 310 valence electrons. The summed E-state index contributed by atoms with van der Waals surface area (Å²) in [5, 5.41) is 39.3. The summed E-state index contributed by atoms with van der Waals surface area (Å²) in [4.78, 5) is 0. The number of phenolic OH excluding ortho intramolecular Hbond substituents is 2. The lowest BCUT2D eigenvalue weighted by molar-refractivity contribution is 0.00578. The van der Waals surface area contributed by atoms with Gasteiger partial charge in [-0.05, 0) is 167 Å². The molecule has 1 aliphatic rings. The fourth-order valence-electron chi connectivity index (χ4n) is 9.46. The lowest BCUT2D eigenvalue weighted by Gasteiger charge is -2.32. The average Bonchev–Trinajstić information content (AvgIpc) is 3.53. The molecule has 0 aromatic heterocycles. The van der Waals surface area contributed by atoms with Gasteiger partial charge >= 0.3 is 7.12 Å². The number of aromatic hydroxyl groups is 2. The minimum absolute atomic E-state index is 0.279. The van der Waals surface area contributed by atoms with Crippen molar-refractivity contribution in [1.82, 2.24) is 0 Å². The summed E-state index contributed by atoms with van der Waals surface area (Å²) < 4.78 is 13.3. The second-order valence-electron chi connectivity index (χ2n) is 18.0. The van der Waals surface area contributed by atoms with Gasteiger partial charge in [0.2, 0.25) is 0 Å². The molecule has 0 saturated carbocycles. The number of hydrogen-bond donors (Lipinski definition) is 2. The SMILES string of the molecule is Brc1ccc2ccc3cccc4ccc1c2c34.CC1(C)OB(c2ccc3cc(O)ccc3c2)OC1(C)C.Oc1ccc2cc(-c3ccc4ccc5cccc6ccc3c4c56)ccc2c1. The summed E-state index contributed by atoms with van der Waals surface area (Å²) in [5.41, 5.74) is 2.78. The van der Waals surface area contributed by atoms with Crippen molar-refractivity contribution >= 4 is 115 Å². The van der Waals surface area contributed by atoms with Crippen molar-refractivity contribution in [2.75, 3.05) is 0 Å². The van der Waals surface area contributed by atoms with Crippen LogP contribution in [-0.4, -0.2) is 28.5 Å². The first kappa shape index (κ1) is 40.1. The molecule has 0 aliphatic carbocycles. The molecule has 0 atom stereocenters. The topological polar surface area (TPSA) is 58.9 Å². The molecule has 13 rings (SSSR count). The number of halogens is 1. The standard InChI is InChI=1S/C26H16O.C16H19BO3.C16H9Br/c27-22-11-8-19-14-21(7-6-20(19)15-22)23-12-9-18-5-4-16-2-1-3-17-10-13-24(23)26(18)25(16)17;1-15(2)16(3,4)20-17(19-15)13-7-5-12-10-14(18)8-6-11(12)9-13;17-14-9-7-12-5-4-10-2-1-3-11-6-8-13(14)16(12)15(10)11/h1-15,27H;5-10,18H,1-4H3;1-9H. The molecule has 0 amide bonds. The van der Waals surface area contributed by atoms with Gasteiger partial charge in [-0.3, -0.25) is 0 Å². The molecule has 0 bridgehead atoms. The van der Waals surface area contributed by atoms with Crippen LogP contribution in [0.25, 0.3) is 97.3 Å². The van der Waals surface area contributed by atoms with E-state index in [0.29, 0.717) is 5.75 Å². The van der Waals surface area contributed by atoms with Crippen LogP contribution in [-0.2, 0) is 9.31 Å². The third kappa shape index (κ3) is 6.85. The zero-order valence-corrected chi connectivity index (χ0v) is 37.6. The van der Waals surface area contributed by atoms with Crippen molar-refractivity contribution < 1.29 is 19.5 Å². The van der Waals surface area contributed by atoms with E-state index >= 15 is 0 Å². The molecule has 1 heterocycles. The van der Waals surface area contributed by atoms with Crippen molar-refractivity contribution in [1.29, 1.82) is 0 Å². The summed E-state index contributed by atoms with van der Waals surface area (Å²) in [7, 11) is -0.349. The van der Waals surface area contributed by atoms with E-state index in [1.807, 2.05) is 58.0 Å². The van der Waals surface area contributed by atoms with Crippen LogP contribution in [0.15, 0.2) is 186 Å². The molecule has 6 heteroatoms. The van der Waals surface area contributed by atoms with Crippen LogP contribution < -0.4 is 5.46 Å². The van der Waals surface area contributed by atoms with Crippen LogP contribution in [0.1, 0.15) is 27.7 Å². The largest absolute Gasteiger partial charge is 0.508 e. The maximum atomic E-state index is 9.72. The molecule has 0 radical (unpaired) electrons. The average molecular weight is 896 g/mol. The molecule has 12 aromatic rings. The Balaban J connectivity index is 0.000000110. The van der Waals surface area contributed by atoms with Crippen molar-refractivity contribution in [3.05, 3.63) is 186 Å². The zero-order chi connectivity index (χ0) is 43.9. The van der Waals surface area contributed by atoms with Crippen LogP contribution in [0.3, 0.4) is 0 Å². The fourth-order valence-corrected chi connectivity index (χ4v) is 9.93.